The highest BCUT2D eigenvalue weighted by Gasteiger charge is 2.24. The maximum absolute atomic E-state index is 9.72. The molecule has 1 fully saturated rings. The van der Waals surface area contributed by atoms with Crippen LogP contribution in [0.4, 0.5) is 0 Å². The molecule has 2 rings (SSSR count). The largest absolute Gasteiger partial charge is 0.508 e. The first-order valence-corrected chi connectivity index (χ1v) is 6.16. The van der Waals surface area contributed by atoms with E-state index in [0.29, 0.717) is 5.75 Å². The molecule has 1 N–H and O–H groups in total. The van der Waals surface area contributed by atoms with Crippen molar-refractivity contribution in [3.63, 3.8) is 0 Å². The first-order valence-electron chi connectivity index (χ1n) is 6.16. The fourth-order valence-corrected chi connectivity index (χ4v) is 2.44. The lowest BCUT2D eigenvalue weighted by atomic mass is 9.95. The van der Waals surface area contributed by atoms with Gasteiger partial charge in [-0.15, -0.1) is 0 Å². The molecule has 1 atom stereocenters. The number of hydrogen-bond donors (Lipinski definition) is 1. The van der Waals surface area contributed by atoms with Crippen molar-refractivity contribution in [2.24, 2.45) is 11.8 Å². The molecule has 1 aliphatic rings. The number of likely N-dealkylation sites (tertiary alicyclic amines) is 1. The Morgan fingerprint density at radius 2 is 2.12 bits per heavy atom. The zero-order chi connectivity index (χ0) is 11.5. The number of phenolic OH excluding ortho intramolecular Hbond substituents is 1. The summed E-state index contributed by atoms with van der Waals surface area (Å²) in [5.41, 5.74) is 1.05. The molecule has 0 saturated carbocycles. The van der Waals surface area contributed by atoms with Crippen LogP contribution in [-0.4, -0.2) is 23.1 Å². The van der Waals surface area contributed by atoms with Crippen molar-refractivity contribution in [1.82, 2.24) is 4.90 Å². The summed E-state index contributed by atoms with van der Waals surface area (Å²) in [6.45, 7) is 7.82. The van der Waals surface area contributed by atoms with Gasteiger partial charge in [0.1, 0.15) is 5.75 Å². The van der Waals surface area contributed by atoms with E-state index >= 15 is 0 Å². The van der Waals surface area contributed by atoms with Crippen LogP contribution in [-0.2, 0) is 6.54 Å². The Balaban J connectivity index is 1.95. The minimum Gasteiger partial charge on any atom is -0.508 e. The normalized spacial score (nSPS) is 21.8. The van der Waals surface area contributed by atoms with E-state index in [-0.39, 0.29) is 0 Å². The van der Waals surface area contributed by atoms with Crippen molar-refractivity contribution < 1.29 is 5.11 Å². The third-order valence-electron chi connectivity index (χ3n) is 3.64. The van der Waals surface area contributed by atoms with Crippen LogP contribution in [0.2, 0.25) is 0 Å². The Morgan fingerprint density at radius 3 is 2.75 bits per heavy atom. The predicted octanol–water partition coefficient (Wildman–Crippen LogP) is 2.87. The van der Waals surface area contributed by atoms with Crippen LogP contribution in [0.5, 0.6) is 5.75 Å². The van der Waals surface area contributed by atoms with Crippen LogP contribution < -0.4 is 0 Å². The third kappa shape index (κ3) is 2.56. The predicted molar refractivity (Wildman–Crippen MR) is 66.3 cm³/mol. The van der Waals surface area contributed by atoms with Crippen LogP contribution in [0.1, 0.15) is 25.8 Å². The summed E-state index contributed by atoms with van der Waals surface area (Å²) in [7, 11) is 0. The van der Waals surface area contributed by atoms with Crippen molar-refractivity contribution >= 4 is 0 Å². The Morgan fingerprint density at radius 1 is 1.38 bits per heavy atom. The van der Waals surface area contributed by atoms with Gasteiger partial charge in [-0.25, -0.2) is 0 Å². The maximum atomic E-state index is 9.72. The fourth-order valence-electron chi connectivity index (χ4n) is 2.44. The molecule has 1 heterocycles. The summed E-state index contributed by atoms with van der Waals surface area (Å²) in [5.74, 6) is 2.02. The van der Waals surface area contributed by atoms with Crippen LogP contribution in [0, 0.1) is 11.8 Å². The molecule has 88 valence electrons. The molecule has 2 nitrogen and oxygen atoms in total. The first kappa shape index (κ1) is 11.5. The van der Waals surface area contributed by atoms with Crippen LogP contribution in [0.3, 0.4) is 0 Å². The third-order valence-corrected chi connectivity index (χ3v) is 3.64. The molecule has 2 heteroatoms. The Bertz CT molecular complexity index is 348. The zero-order valence-corrected chi connectivity index (χ0v) is 10.2. The smallest absolute Gasteiger partial charge is 0.120 e. The number of benzene rings is 1. The summed E-state index contributed by atoms with van der Waals surface area (Å²) in [4.78, 5) is 2.44. The molecule has 0 radical (unpaired) electrons. The van der Waals surface area contributed by atoms with Gasteiger partial charge < -0.3 is 5.11 Å². The number of para-hydroxylation sites is 1. The zero-order valence-electron chi connectivity index (χ0n) is 10.2. The quantitative estimate of drug-likeness (QED) is 0.845. The van der Waals surface area contributed by atoms with Crippen molar-refractivity contribution in [1.29, 1.82) is 0 Å². The Hall–Kier alpha value is -1.02. The van der Waals surface area contributed by atoms with Gasteiger partial charge in [0, 0.05) is 18.7 Å². The van der Waals surface area contributed by atoms with E-state index in [2.05, 4.69) is 18.7 Å². The second-order valence-electron chi connectivity index (χ2n) is 5.16. The van der Waals surface area contributed by atoms with Gasteiger partial charge in [-0.05, 0) is 30.9 Å². The molecule has 0 amide bonds. The highest BCUT2D eigenvalue weighted by molar-refractivity contribution is 5.31. The first-order chi connectivity index (χ1) is 7.66. The monoisotopic (exact) mass is 219 g/mol. The number of aromatic hydroxyl groups is 1. The maximum Gasteiger partial charge on any atom is 0.120 e. The van der Waals surface area contributed by atoms with E-state index in [1.54, 1.807) is 6.07 Å². The summed E-state index contributed by atoms with van der Waals surface area (Å²) >= 11 is 0. The van der Waals surface area contributed by atoms with E-state index in [1.165, 1.54) is 13.0 Å². The average Bonchev–Trinajstić information content (AvgIpc) is 2.70. The minimum atomic E-state index is 0.426. The summed E-state index contributed by atoms with van der Waals surface area (Å²) in [5, 5.41) is 9.72. The molecule has 16 heavy (non-hydrogen) atoms. The summed E-state index contributed by atoms with van der Waals surface area (Å²) in [6.07, 6.45) is 1.30. The van der Waals surface area contributed by atoms with Gasteiger partial charge in [0.05, 0.1) is 0 Å². The van der Waals surface area contributed by atoms with Gasteiger partial charge in [-0.3, -0.25) is 4.90 Å². The number of rotatable bonds is 3. The molecule has 0 aliphatic carbocycles. The number of phenols is 1. The molecule has 0 aromatic heterocycles. The van der Waals surface area contributed by atoms with Gasteiger partial charge in [0.2, 0.25) is 0 Å². The summed E-state index contributed by atoms with van der Waals surface area (Å²) < 4.78 is 0. The molecule has 1 unspecified atom stereocenters. The molecule has 1 aliphatic heterocycles. The van der Waals surface area contributed by atoms with Gasteiger partial charge in [0.15, 0.2) is 0 Å². The van der Waals surface area contributed by atoms with Crippen molar-refractivity contribution in [3.8, 4) is 5.75 Å². The molecule has 1 aromatic carbocycles. The average molecular weight is 219 g/mol. The lowest BCUT2D eigenvalue weighted by molar-refractivity contribution is 0.292. The molecular weight excluding hydrogens is 198 g/mol. The SMILES string of the molecule is CC(C)C1CCN(Cc2ccccc2O)C1. The van der Waals surface area contributed by atoms with Crippen LogP contribution in [0.25, 0.3) is 0 Å². The van der Waals surface area contributed by atoms with Crippen LogP contribution in [0.15, 0.2) is 24.3 Å². The second kappa shape index (κ2) is 4.88. The lowest BCUT2D eigenvalue weighted by Crippen LogP contribution is -2.21. The highest BCUT2D eigenvalue weighted by Crippen LogP contribution is 2.26. The fraction of sp³-hybridized carbons (Fsp3) is 0.571. The minimum absolute atomic E-state index is 0.426. The van der Waals surface area contributed by atoms with Crippen molar-refractivity contribution in [2.75, 3.05) is 13.1 Å². The van der Waals surface area contributed by atoms with E-state index in [0.717, 1.165) is 30.5 Å². The molecule has 0 bridgehead atoms. The van der Waals surface area contributed by atoms with Gasteiger partial charge >= 0.3 is 0 Å². The Labute approximate surface area is 97.9 Å². The number of hydrogen-bond acceptors (Lipinski definition) is 2. The summed E-state index contributed by atoms with van der Waals surface area (Å²) in [6, 6.07) is 7.65. The Kier molecular flexibility index (Phi) is 3.49. The molecule has 0 spiro atoms. The topological polar surface area (TPSA) is 23.5 Å². The standard InChI is InChI=1S/C14H21NO/c1-11(2)12-7-8-15(9-12)10-13-5-3-4-6-14(13)16/h3-6,11-12,16H,7-10H2,1-2H3. The van der Waals surface area contributed by atoms with Gasteiger partial charge in [0.25, 0.3) is 0 Å². The number of nitrogens with zero attached hydrogens (tertiary/aromatic N) is 1. The van der Waals surface area contributed by atoms with E-state index < -0.39 is 0 Å². The molecule has 1 saturated heterocycles. The van der Waals surface area contributed by atoms with E-state index in [4.69, 9.17) is 0 Å². The molecule has 1 aromatic rings. The van der Waals surface area contributed by atoms with Crippen molar-refractivity contribution in [2.45, 2.75) is 26.8 Å². The van der Waals surface area contributed by atoms with Crippen molar-refractivity contribution in [3.05, 3.63) is 29.8 Å². The van der Waals surface area contributed by atoms with Crippen LogP contribution >= 0.6 is 0 Å². The van der Waals surface area contributed by atoms with Gasteiger partial charge in [-0.1, -0.05) is 32.0 Å². The van der Waals surface area contributed by atoms with E-state index in [1.807, 2.05) is 18.2 Å². The van der Waals surface area contributed by atoms with E-state index in [9.17, 15) is 5.11 Å². The highest BCUT2D eigenvalue weighted by atomic mass is 16.3. The second-order valence-corrected chi connectivity index (χ2v) is 5.16. The molecular formula is C14H21NO. The lowest BCUT2D eigenvalue weighted by Gasteiger charge is -2.18. The van der Waals surface area contributed by atoms with Gasteiger partial charge in [-0.2, -0.15) is 0 Å².